The minimum absolute atomic E-state index is 0.00520. The number of fused-ring (bicyclic) bond motifs is 1. The molecule has 0 atom stereocenters. The van der Waals surface area contributed by atoms with Crippen molar-refractivity contribution >= 4 is 35.1 Å². The first-order valence-electron chi connectivity index (χ1n) is 6.69. The third-order valence-corrected chi connectivity index (χ3v) is 3.26. The average Bonchev–Trinajstić information content (AvgIpc) is 2.44. The van der Waals surface area contributed by atoms with E-state index in [1.54, 1.807) is 23.1 Å². The number of amides is 1. The van der Waals surface area contributed by atoms with Crippen LogP contribution in [-0.2, 0) is 14.4 Å². The summed E-state index contributed by atoms with van der Waals surface area (Å²) in [5, 5.41) is 11.6. The third kappa shape index (κ3) is 4.36. The van der Waals surface area contributed by atoms with Gasteiger partial charge in [-0.05, 0) is 24.6 Å². The van der Waals surface area contributed by atoms with Crippen molar-refractivity contribution in [3.63, 3.8) is 0 Å². The number of carboxylic acid groups (broad SMARTS) is 1. The molecule has 0 fully saturated rings. The number of carbonyl (C=O) groups is 3. The highest BCUT2D eigenvalue weighted by Gasteiger charge is 2.25. The summed E-state index contributed by atoms with van der Waals surface area (Å²) in [6.45, 7) is 0.192. The van der Waals surface area contributed by atoms with Gasteiger partial charge in [-0.2, -0.15) is 0 Å². The molecule has 0 aliphatic carbocycles. The Balaban J connectivity index is 1.95. The van der Waals surface area contributed by atoms with Gasteiger partial charge in [0.15, 0.2) is 5.75 Å². The van der Waals surface area contributed by atoms with Crippen LogP contribution in [0.15, 0.2) is 18.2 Å². The van der Waals surface area contributed by atoms with Crippen molar-refractivity contribution in [3.8, 4) is 5.75 Å². The Morgan fingerprint density at radius 2 is 2.18 bits per heavy atom. The summed E-state index contributed by atoms with van der Waals surface area (Å²) in [7, 11) is 0. The Bertz CT molecular complexity index is 605. The Morgan fingerprint density at radius 3 is 2.91 bits per heavy atom. The smallest absolute Gasteiger partial charge is 0.331 e. The van der Waals surface area contributed by atoms with Crippen molar-refractivity contribution in [3.05, 3.63) is 23.2 Å². The molecule has 2 rings (SSSR count). The molecule has 7 nitrogen and oxygen atoms in total. The maximum Gasteiger partial charge on any atom is 0.331 e. The Hall–Kier alpha value is -2.28. The van der Waals surface area contributed by atoms with Crippen LogP contribution in [-0.4, -0.2) is 42.6 Å². The second-order valence-corrected chi connectivity index (χ2v) is 5.23. The number of nitrogens with one attached hydrogen (secondary N) is 1. The number of hydrogen-bond donors (Lipinski definition) is 2. The summed E-state index contributed by atoms with van der Waals surface area (Å²) in [5.41, 5.74) is 0.577. The normalized spacial score (nSPS) is 13.3. The van der Waals surface area contributed by atoms with Crippen LogP contribution in [0.25, 0.3) is 0 Å². The van der Waals surface area contributed by atoms with Gasteiger partial charge in [0.1, 0.15) is 6.54 Å². The number of carbonyl (C=O) groups excluding carboxylic acids is 2. The number of rotatable bonds is 6. The van der Waals surface area contributed by atoms with E-state index in [0.29, 0.717) is 22.9 Å². The summed E-state index contributed by atoms with van der Waals surface area (Å²) in [6.07, 6.45) is 0.348. The zero-order chi connectivity index (χ0) is 16.1. The van der Waals surface area contributed by atoms with Gasteiger partial charge in [0.05, 0.1) is 12.2 Å². The number of carboxylic acids is 1. The predicted molar refractivity (Wildman–Crippen MR) is 79.2 cm³/mol. The molecule has 1 aromatic carbocycles. The van der Waals surface area contributed by atoms with Crippen LogP contribution in [0.4, 0.5) is 5.69 Å². The zero-order valence-electron chi connectivity index (χ0n) is 11.7. The van der Waals surface area contributed by atoms with Gasteiger partial charge in [-0.15, -0.1) is 0 Å². The van der Waals surface area contributed by atoms with E-state index in [-0.39, 0.29) is 32.0 Å². The maximum atomic E-state index is 11.9. The standard InChI is InChI=1S/C14H15ClN2O5/c15-9-3-4-11-10(6-9)17(8-14(21)22-11)7-12(18)16-5-1-2-13(19)20/h3-4,6H,1-2,5,7-8H2,(H,16,18)(H,19,20). The van der Waals surface area contributed by atoms with E-state index in [9.17, 15) is 14.4 Å². The minimum atomic E-state index is -0.906. The van der Waals surface area contributed by atoms with Crippen LogP contribution in [0.1, 0.15) is 12.8 Å². The van der Waals surface area contributed by atoms with E-state index in [2.05, 4.69) is 5.32 Å². The van der Waals surface area contributed by atoms with Crippen molar-refractivity contribution in [2.75, 3.05) is 24.5 Å². The fourth-order valence-corrected chi connectivity index (χ4v) is 2.22. The maximum absolute atomic E-state index is 11.9. The summed E-state index contributed by atoms with van der Waals surface area (Å²) in [4.78, 5) is 35.4. The molecule has 22 heavy (non-hydrogen) atoms. The largest absolute Gasteiger partial charge is 0.481 e. The fourth-order valence-electron chi connectivity index (χ4n) is 2.06. The monoisotopic (exact) mass is 326 g/mol. The van der Waals surface area contributed by atoms with E-state index in [0.717, 1.165) is 0 Å². The van der Waals surface area contributed by atoms with Crippen LogP contribution >= 0.6 is 11.6 Å². The van der Waals surface area contributed by atoms with Crippen molar-refractivity contribution in [1.82, 2.24) is 5.32 Å². The number of benzene rings is 1. The lowest BCUT2D eigenvalue weighted by molar-refractivity contribution is -0.137. The van der Waals surface area contributed by atoms with Crippen molar-refractivity contribution in [2.45, 2.75) is 12.8 Å². The molecule has 1 aromatic rings. The molecule has 0 aromatic heterocycles. The number of nitrogens with zero attached hydrogens (tertiary/aromatic N) is 1. The van der Waals surface area contributed by atoms with Crippen LogP contribution in [0.5, 0.6) is 5.75 Å². The molecule has 1 aliphatic rings. The second-order valence-electron chi connectivity index (χ2n) is 4.79. The van der Waals surface area contributed by atoms with E-state index >= 15 is 0 Å². The summed E-state index contributed by atoms with van der Waals surface area (Å²) >= 11 is 5.92. The third-order valence-electron chi connectivity index (χ3n) is 3.03. The first-order chi connectivity index (χ1) is 10.5. The molecule has 0 saturated carbocycles. The molecular formula is C14H15ClN2O5. The summed E-state index contributed by atoms with van der Waals surface area (Å²) in [5.74, 6) is -1.30. The Labute approximate surface area is 131 Å². The Morgan fingerprint density at radius 1 is 1.41 bits per heavy atom. The van der Waals surface area contributed by atoms with Gasteiger partial charge >= 0.3 is 11.9 Å². The number of aliphatic carboxylic acids is 1. The topological polar surface area (TPSA) is 95.9 Å². The number of anilines is 1. The Kier molecular flexibility index (Phi) is 5.21. The van der Waals surface area contributed by atoms with Crippen LogP contribution in [0.2, 0.25) is 5.02 Å². The number of halogens is 1. The minimum Gasteiger partial charge on any atom is -0.481 e. The highest BCUT2D eigenvalue weighted by Crippen LogP contribution is 2.34. The lowest BCUT2D eigenvalue weighted by Gasteiger charge is -2.29. The lowest BCUT2D eigenvalue weighted by atomic mass is 10.2. The molecule has 0 bridgehead atoms. The van der Waals surface area contributed by atoms with Gasteiger partial charge in [-0.1, -0.05) is 11.6 Å². The van der Waals surface area contributed by atoms with Gasteiger partial charge in [0.2, 0.25) is 5.91 Å². The lowest BCUT2D eigenvalue weighted by Crippen LogP contribution is -2.43. The highest BCUT2D eigenvalue weighted by atomic mass is 35.5. The van der Waals surface area contributed by atoms with Gasteiger partial charge in [0, 0.05) is 18.0 Å². The summed E-state index contributed by atoms with van der Waals surface area (Å²) in [6, 6.07) is 4.80. The molecule has 0 radical (unpaired) electrons. The highest BCUT2D eigenvalue weighted by molar-refractivity contribution is 6.31. The van der Waals surface area contributed by atoms with Crippen molar-refractivity contribution in [1.29, 1.82) is 0 Å². The van der Waals surface area contributed by atoms with Gasteiger partial charge in [-0.25, -0.2) is 4.79 Å². The molecule has 0 unspecified atom stereocenters. The number of ether oxygens (including phenoxy) is 1. The SMILES string of the molecule is O=C(O)CCCNC(=O)CN1CC(=O)Oc2ccc(Cl)cc21. The van der Waals surface area contributed by atoms with E-state index < -0.39 is 11.9 Å². The summed E-state index contributed by atoms with van der Waals surface area (Å²) < 4.78 is 5.09. The van der Waals surface area contributed by atoms with Crippen molar-refractivity contribution < 1.29 is 24.2 Å². The van der Waals surface area contributed by atoms with Gasteiger partial charge in [-0.3, -0.25) is 9.59 Å². The first kappa shape index (κ1) is 16.1. The molecule has 0 saturated heterocycles. The first-order valence-corrected chi connectivity index (χ1v) is 7.07. The van der Waals surface area contributed by atoms with E-state index in [4.69, 9.17) is 21.4 Å². The predicted octanol–water partition coefficient (Wildman–Crippen LogP) is 1.05. The molecule has 118 valence electrons. The molecule has 1 amide bonds. The molecule has 8 heteroatoms. The van der Waals surface area contributed by atoms with Gasteiger partial charge < -0.3 is 20.1 Å². The molecule has 1 aliphatic heterocycles. The average molecular weight is 327 g/mol. The van der Waals surface area contributed by atoms with Crippen LogP contribution in [0.3, 0.4) is 0 Å². The fraction of sp³-hybridized carbons (Fsp3) is 0.357. The van der Waals surface area contributed by atoms with Crippen LogP contribution in [0, 0.1) is 0 Å². The van der Waals surface area contributed by atoms with Crippen LogP contribution < -0.4 is 15.0 Å². The van der Waals surface area contributed by atoms with Crippen molar-refractivity contribution in [2.24, 2.45) is 0 Å². The number of hydrogen-bond acceptors (Lipinski definition) is 5. The molecule has 2 N–H and O–H groups in total. The van der Waals surface area contributed by atoms with E-state index in [1.807, 2.05) is 0 Å². The molecule has 0 spiro atoms. The van der Waals surface area contributed by atoms with E-state index in [1.165, 1.54) is 0 Å². The molecule has 1 heterocycles. The second kappa shape index (κ2) is 7.13. The quantitative estimate of drug-likeness (QED) is 0.461. The number of esters is 1. The zero-order valence-corrected chi connectivity index (χ0v) is 12.4. The molecular weight excluding hydrogens is 312 g/mol. The van der Waals surface area contributed by atoms with Gasteiger partial charge in [0.25, 0.3) is 0 Å².